The molecule has 0 atom stereocenters. The number of methoxy groups -OCH3 is 1. The zero-order valence-corrected chi connectivity index (χ0v) is 16.8. The van der Waals surface area contributed by atoms with Crippen LogP contribution in [0.3, 0.4) is 0 Å². The molecule has 1 N–H and O–H groups in total. The number of aliphatic imine (C=N–C) groups is 1. The average Bonchev–Trinajstić information content (AvgIpc) is 2.53. The van der Waals surface area contributed by atoms with Crippen LogP contribution >= 0.6 is 24.0 Å². The van der Waals surface area contributed by atoms with Gasteiger partial charge in [-0.2, -0.15) is 0 Å². The number of halogens is 1. The van der Waals surface area contributed by atoms with E-state index in [9.17, 15) is 0 Å². The monoisotopic (exact) mass is 427 g/mol. The Bertz CT molecular complexity index is 285. The molecule has 132 valence electrons. The molecule has 0 aromatic rings. The minimum Gasteiger partial charge on any atom is -0.385 e. The Morgan fingerprint density at radius 3 is 2.64 bits per heavy atom. The Labute approximate surface area is 153 Å². The van der Waals surface area contributed by atoms with E-state index in [1.807, 2.05) is 7.05 Å². The zero-order valence-electron chi connectivity index (χ0n) is 14.5. The quantitative estimate of drug-likeness (QED) is 0.266. The molecule has 1 aliphatic rings. The standard InChI is InChI=1S/C16H33N3O2.HI/c1-17-16(18-10-5-4-6-12-20-3)19(2)11-7-15-8-13-21-14-9-15;/h15H,4-14H2,1-3H3,(H,17,18);1H. The molecule has 5 nitrogen and oxygen atoms in total. The molecule has 1 aliphatic heterocycles. The van der Waals surface area contributed by atoms with E-state index in [-0.39, 0.29) is 24.0 Å². The fraction of sp³-hybridized carbons (Fsp3) is 0.938. The number of nitrogens with one attached hydrogen (secondary N) is 1. The predicted octanol–water partition coefficient (Wildman–Crippen LogP) is 2.75. The van der Waals surface area contributed by atoms with E-state index in [4.69, 9.17) is 9.47 Å². The van der Waals surface area contributed by atoms with Gasteiger partial charge in [-0.1, -0.05) is 0 Å². The molecule has 1 rings (SSSR count). The molecule has 0 unspecified atom stereocenters. The van der Waals surface area contributed by atoms with Crippen LogP contribution in [0.1, 0.15) is 38.5 Å². The van der Waals surface area contributed by atoms with Crippen molar-refractivity contribution in [1.29, 1.82) is 0 Å². The molecular formula is C16H34IN3O2. The van der Waals surface area contributed by atoms with Gasteiger partial charge in [-0.3, -0.25) is 4.99 Å². The molecule has 22 heavy (non-hydrogen) atoms. The van der Waals surface area contributed by atoms with Crippen LogP contribution in [0.5, 0.6) is 0 Å². The highest BCUT2D eigenvalue weighted by atomic mass is 127. The fourth-order valence-electron chi connectivity index (χ4n) is 2.65. The van der Waals surface area contributed by atoms with Crippen molar-refractivity contribution in [3.63, 3.8) is 0 Å². The SMILES string of the molecule is CN=C(NCCCCCOC)N(C)CCC1CCOCC1.I. The molecule has 0 bridgehead atoms. The van der Waals surface area contributed by atoms with Crippen LogP contribution < -0.4 is 5.32 Å². The summed E-state index contributed by atoms with van der Waals surface area (Å²) < 4.78 is 10.5. The lowest BCUT2D eigenvalue weighted by Gasteiger charge is -2.26. The smallest absolute Gasteiger partial charge is 0.193 e. The summed E-state index contributed by atoms with van der Waals surface area (Å²) in [5.41, 5.74) is 0. The normalized spacial score (nSPS) is 16.2. The summed E-state index contributed by atoms with van der Waals surface area (Å²) in [6.07, 6.45) is 7.14. The number of rotatable bonds is 9. The van der Waals surface area contributed by atoms with Gasteiger partial charge in [0.05, 0.1) is 0 Å². The second-order valence-electron chi connectivity index (χ2n) is 5.79. The van der Waals surface area contributed by atoms with Gasteiger partial charge in [0, 0.05) is 54.1 Å². The van der Waals surface area contributed by atoms with Crippen LogP contribution in [0.2, 0.25) is 0 Å². The Kier molecular flexibility index (Phi) is 14.5. The highest BCUT2D eigenvalue weighted by Gasteiger charge is 2.15. The average molecular weight is 427 g/mol. The van der Waals surface area contributed by atoms with E-state index < -0.39 is 0 Å². The van der Waals surface area contributed by atoms with Crippen molar-refractivity contribution in [1.82, 2.24) is 10.2 Å². The molecule has 6 heteroatoms. The maximum Gasteiger partial charge on any atom is 0.193 e. The van der Waals surface area contributed by atoms with Gasteiger partial charge in [0.1, 0.15) is 0 Å². The highest BCUT2D eigenvalue weighted by Crippen LogP contribution is 2.18. The predicted molar refractivity (Wildman–Crippen MR) is 103 cm³/mol. The molecule has 0 amide bonds. The van der Waals surface area contributed by atoms with Gasteiger partial charge in [-0.15, -0.1) is 24.0 Å². The van der Waals surface area contributed by atoms with E-state index in [0.29, 0.717) is 0 Å². The maximum absolute atomic E-state index is 5.41. The van der Waals surface area contributed by atoms with Crippen LogP contribution in [0.15, 0.2) is 4.99 Å². The summed E-state index contributed by atoms with van der Waals surface area (Å²) in [6.45, 7) is 4.78. The van der Waals surface area contributed by atoms with E-state index in [2.05, 4.69) is 22.3 Å². The lowest BCUT2D eigenvalue weighted by molar-refractivity contribution is 0.0625. The third-order valence-electron chi connectivity index (χ3n) is 4.10. The van der Waals surface area contributed by atoms with E-state index >= 15 is 0 Å². The molecule has 0 saturated carbocycles. The van der Waals surface area contributed by atoms with Crippen LogP contribution in [-0.2, 0) is 9.47 Å². The van der Waals surface area contributed by atoms with Gasteiger partial charge < -0.3 is 19.7 Å². The topological polar surface area (TPSA) is 46.1 Å². The van der Waals surface area contributed by atoms with E-state index in [1.54, 1.807) is 7.11 Å². The van der Waals surface area contributed by atoms with Gasteiger partial charge in [-0.05, 0) is 44.4 Å². The molecule has 0 radical (unpaired) electrons. The molecule has 1 heterocycles. The molecule has 0 aromatic carbocycles. The Balaban J connectivity index is 0.00000441. The largest absolute Gasteiger partial charge is 0.385 e. The van der Waals surface area contributed by atoms with Crippen molar-refractivity contribution in [2.24, 2.45) is 10.9 Å². The van der Waals surface area contributed by atoms with Gasteiger partial charge in [0.25, 0.3) is 0 Å². The lowest BCUT2D eigenvalue weighted by Crippen LogP contribution is -2.40. The number of unbranched alkanes of at least 4 members (excludes halogenated alkanes) is 2. The second kappa shape index (κ2) is 14.5. The lowest BCUT2D eigenvalue weighted by atomic mass is 9.96. The summed E-state index contributed by atoms with van der Waals surface area (Å²) in [5, 5.41) is 3.44. The van der Waals surface area contributed by atoms with Crippen LogP contribution in [0, 0.1) is 5.92 Å². The van der Waals surface area contributed by atoms with Gasteiger partial charge in [-0.25, -0.2) is 0 Å². The summed E-state index contributed by atoms with van der Waals surface area (Å²) in [4.78, 5) is 6.61. The first-order chi connectivity index (χ1) is 10.3. The van der Waals surface area contributed by atoms with Crippen molar-refractivity contribution in [3.8, 4) is 0 Å². The van der Waals surface area contributed by atoms with Gasteiger partial charge in [0.15, 0.2) is 5.96 Å². The Morgan fingerprint density at radius 1 is 1.27 bits per heavy atom. The van der Waals surface area contributed by atoms with Crippen LogP contribution in [-0.4, -0.2) is 65.0 Å². The first-order valence-corrected chi connectivity index (χ1v) is 8.26. The Morgan fingerprint density at radius 2 is 2.00 bits per heavy atom. The number of nitrogens with zero attached hydrogens (tertiary/aromatic N) is 2. The summed E-state index contributed by atoms with van der Waals surface area (Å²) in [5.74, 6) is 1.82. The summed E-state index contributed by atoms with van der Waals surface area (Å²) in [7, 11) is 5.74. The van der Waals surface area contributed by atoms with E-state index in [0.717, 1.165) is 57.6 Å². The Hall–Kier alpha value is -0.0800. The number of hydrogen-bond donors (Lipinski definition) is 1. The number of ether oxygens (including phenoxy) is 2. The zero-order chi connectivity index (χ0) is 15.3. The molecule has 0 aliphatic carbocycles. The van der Waals surface area contributed by atoms with Crippen molar-refractivity contribution in [3.05, 3.63) is 0 Å². The summed E-state index contributed by atoms with van der Waals surface area (Å²) >= 11 is 0. The van der Waals surface area contributed by atoms with Crippen molar-refractivity contribution in [2.75, 3.05) is 54.1 Å². The maximum atomic E-state index is 5.41. The molecule has 1 saturated heterocycles. The minimum atomic E-state index is 0. The van der Waals surface area contributed by atoms with Crippen molar-refractivity contribution < 1.29 is 9.47 Å². The third kappa shape index (κ3) is 9.84. The molecule has 0 spiro atoms. The van der Waals surface area contributed by atoms with Crippen LogP contribution in [0.25, 0.3) is 0 Å². The second-order valence-corrected chi connectivity index (χ2v) is 5.79. The third-order valence-corrected chi connectivity index (χ3v) is 4.10. The molecular weight excluding hydrogens is 393 g/mol. The van der Waals surface area contributed by atoms with E-state index in [1.165, 1.54) is 25.7 Å². The number of hydrogen-bond acceptors (Lipinski definition) is 3. The highest BCUT2D eigenvalue weighted by molar-refractivity contribution is 14.0. The first kappa shape index (κ1) is 21.9. The van der Waals surface area contributed by atoms with Gasteiger partial charge in [0.2, 0.25) is 0 Å². The first-order valence-electron chi connectivity index (χ1n) is 8.26. The van der Waals surface area contributed by atoms with Crippen LogP contribution in [0.4, 0.5) is 0 Å². The minimum absolute atomic E-state index is 0. The molecule has 1 fully saturated rings. The summed E-state index contributed by atoms with van der Waals surface area (Å²) in [6, 6.07) is 0. The number of guanidine groups is 1. The van der Waals surface area contributed by atoms with Crippen molar-refractivity contribution >= 4 is 29.9 Å². The van der Waals surface area contributed by atoms with Crippen molar-refractivity contribution in [2.45, 2.75) is 38.5 Å². The van der Waals surface area contributed by atoms with Gasteiger partial charge >= 0.3 is 0 Å². The molecule has 0 aromatic heterocycles. The fourth-order valence-corrected chi connectivity index (χ4v) is 2.65.